The Morgan fingerprint density at radius 3 is 2.00 bits per heavy atom. The fourth-order valence-corrected chi connectivity index (χ4v) is 3.06. The van der Waals surface area contributed by atoms with Crippen molar-refractivity contribution in [2.75, 3.05) is 38.2 Å². The number of ether oxygens (including phenoxy) is 2. The van der Waals surface area contributed by atoms with Gasteiger partial charge in [0.2, 0.25) is 11.5 Å². The number of halogens is 2. The van der Waals surface area contributed by atoms with Gasteiger partial charge in [-0.15, -0.1) is 28.1 Å². The van der Waals surface area contributed by atoms with Crippen LogP contribution < -0.4 is 0 Å². The number of alkyl halides is 2. The van der Waals surface area contributed by atoms with Crippen molar-refractivity contribution in [3.05, 3.63) is 28.2 Å². The second kappa shape index (κ2) is 12.2. The van der Waals surface area contributed by atoms with Crippen LogP contribution in [0.2, 0.25) is 0 Å². The SMILES string of the molecule is Cc1nc(C#N)c(/N=[N+](\[O-])c2c(C#N)nc(C)n2CCOCCCl)n1CCOCCCl. The van der Waals surface area contributed by atoms with E-state index in [0.717, 1.165) is 0 Å². The minimum absolute atomic E-state index is 0.0116. The van der Waals surface area contributed by atoms with Crippen molar-refractivity contribution >= 4 is 34.8 Å². The van der Waals surface area contributed by atoms with E-state index in [1.807, 2.05) is 12.1 Å². The van der Waals surface area contributed by atoms with Crippen LogP contribution in [0.5, 0.6) is 0 Å². The molecule has 2 aromatic rings. The molecule has 0 aliphatic carbocycles. The molecule has 2 heterocycles. The smallest absolute Gasteiger partial charge is 0.344 e. The first kappa shape index (κ1) is 24.6. The van der Waals surface area contributed by atoms with Crippen LogP contribution in [0.4, 0.5) is 11.6 Å². The maximum absolute atomic E-state index is 13.0. The van der Waals surface area contributed by atoms with E-state index < -0.39 is 0 Å². The molecule has 0 unspecified atom stereocenters. The number of imidazole rings is 2. The quantitative estimate of drug-likeness (QED) is 0.153. The van der Waals surface area contributed by atoms with E-state index in [0.29, 0.717) is 49.8 Å². The predicted octanol–water partition coefficient (Wildman–Crippen LogP) is 2.88. The molecule has 0 atom stereocenters. The number of azo groups is 1. The topological polar surface area (TPSA) is 140 Å². The van der Waals surface area contributed by atoms with E-state index in [2.05, 4.69) is 15.1 Å². The molecular weight excluding hydrogens is 447 g/mol. The van der Waals surface area contributed by atoms with Crippen molar-refractivity contribution in [2.45, 2.75) is 26.9 Å². The van der Waals surface area contributed by atoms with Gasteiger partial charge < -0.3 is 19.2 Å². The van der Waals surface area contributed by atoms with E-state index in [9.17, 15) is 15.7 Å². The first-order chi connectivity index (χ1) is 15.0. The summed E-state index contributed by atoms with van der Waals surface area (Å²) in [6.45, 7) is 5.26. The van der Waals surface area contributed by atoms with Gasteiger partial charge >= 0.3 is 5.82 Å². The molecule has 0 bridgehead atoms. The summed E-state index contributed by atoms with van der Waals surface area (Å²) in [5.74, 6) is 1.66. The van der Waals surface area contributed by atoms with E-state index in [1.54, 1.807) is 18.4 Å². The number of aryl methyl sites for hydroxylation is 2. The summed E-state index contributed by atoms with van der Waals surface area (Å²) in [7, 11) is 0. The van der Waals surface area contributed by atoms with Crippen molar-refractivity contribution in [1.29, 1.82) is 10.5 Å². The molecule has 0 aliphatic heterocycles. The molecule has 0 aromatic carbocycles. The summed E-state index contributed by atoms with van der Waals surface area (Å²) < 4.78 is 13.9. The second-order valence-corrected chi connectivity index (χ2v) is 6.92. The Hall–Kier alpha value is -2.70. The highest BCUT2D eigenvalue weighted by Crippen LogP contribution is 2.26. The number of nitrogens with zero attached hydrogens (tertiary/aromatic N) is 8. The van der Waals surface area contributed by atoms with Crippen LogP contribution in [0.1, 0.15) is 23.0 Å². The van der Waals surface area contributed by atoms with Gasteiger partial charge in [-0.25, -0.2) is 9.55 Å². The van der Waals surface area contributed by atoms with Gasteiger partial charge in [0, 0.05) is 25.2 Å². The van der Waals surface area contributed by atoms with Gasteiger partial charge in [0.05, 0.1) is 26.4 Å². The number of rotatable bonds is 12. The predicted molar refractivity (Wildman–Crippen MR) is 112 cm³/mol. The molecule has 13 heteroatoms. The molecule has 2 rings (SSSR count). The average Bonchev–Trinajstić information content (AvgIpc) is 3.24. The van der Waals surface area contributed by atoms with Gasteiger partial charge in [-0.2, -0.15) is 15.5 Å². The Kier molecular flexibility index (Phi) is 9.69. The third-order valence-corrected chi connectivity index (χ3v) is 4.51. The molecule has 0 N–H and O–H groups in total. The van der Waals surface area contributed by atoms with Gasteiger partial charge in [-0.1, -0.05) is 5.11 Å². The fraction of sp³-hybridized carbons (Fsp3) is 0.556. The lowest BCUT2D eigenvalue weighted by atomic mass is 10.4. The number of nitriles is 2. The van der Waals surface area contributed by atoms with Crippen molar-refractivity contribution in [2.24, 2.45) is 5.11 Å². The Morgan fingerprint density at radius 1 is 0.935 bits per heavy atom. The molecule has 166 valence electrons. The standard InChI is InChI=1S/C18H22Cl2N8O3/c1-13-23-15(11-21)17(26(13)5-9-30-7-3-19)25-28(29)18-16(12-22)24-14(2)27(18)6-10-31-8-4-20/h3-10H2,1-2H3/b28-25-. The second-order valence-electron chi connectivity index (χ2n) is 6.16. The van der Waals surface area contributed by atoms with Gasteiger partial charge in [-0.3, -0.25) is 0 Å². The lowest BCUT2D eigenvalue weighted by Crippen LogP contribution is -2.12. The zero-order valence-corrected chi connectivity index (χ0v) is 18.7. The van der Waals surface area contributed by atoms with Crippen LogP contribution in [0.3, 0.4) is 0 Å². The van der Waals surface area contributed by atoms with Crippen LogP contribution in [-0.2, 0) is 22.6 Å². The lowest BCUT2D eigenvalue weighted by Gasteiger charge is -2.10. The molecule has 0 saturated carbocycles. The lowest BCUT2D eigenvalue weighted by molar-refractivity contribution is -0.442. The summed E-state index contributed by atoms with van der Waals surface area (Å²) >= 11 is 11.2. The van der Waals surface area contributed by atoms with Crippen LogP contribution >= 0.6 is 23.2 Å². The highest BCUT2D eigenvalue weighted by molar-refractivity contribution is 6.18. The van der Waals surface area contributed by atoms with Gasteiger partial charge in [-0.05, 0) is 6.92 Å². The van der Waals surface area contributed by atoms with Crippen LogP contribution in [-0.4, -0.2) is 62.2 Å². The van der Waals surface area contributed by atoms with Crippen LogP contribution in [0, 0.1) is 41.7 Å². The van der Waals surface area contributed by atoms with Crippen LogP contribution in [0.15, 0.2) is 5.11 Å². The maximum atomic E-state index is 13.0. The van der Waals surface area contributed by atoms with Crippen molar-refractivity contribution in [1.82, 2.24) is 19.1 Å². The third kappa shape index (κ3) is 6.15. The summed E-state index contributed by atoms with van der Waals surface area (Å²) in [6.07, 6.45) is 0. The highest BCUT2D eigenvalue weighted by atomic mass is 35.5. The molecule has 0 spiro atoms. The van der Waals surface area contributed by atoms with Gasteiger partial charge in [0.1, 0.15) is 24.5 Å². The zero-order valence-electron chi connectivity index (χ0n) is 17.2. The highest BCUT2D eigenvalue weighted by Gasteiger charge is 2.25. The van der Waals surface area contributed by atoms with Crippen molar-refractivity contribution in [3.8, 4) is 12.1 Å². The monoisotopic (exact) mass is 468 g/mol. The average molecular weight is 469 g/mol. The summed E-state index contributed by atoms with van der Waals surface area (Å²) in [6, 6.07) is 3.85. The molecule has 0 fully saturated rings. The van der Waals surface area contributed by atoms with Crippen molar-refractivity contribution < 1.29 is 14.3 Å². The molecule has 0 radical (unpaired) electrons. The molecular formula is C18H22Cl2N8O3. The first-order valence-electron chi connectivity index (χ1n) is 9.39. The molecule has 11 nitrogen and oxygen atoms in total. The molecule has 0 amide bonds. The summed E-state index contributed by atoms with van der Waals surface area (Å²) in [5.41, 5.74) is -0.0947. The Morgan fingerprint density at radius 2 is 1.45 bits per heavy atom. The molecule has 0 aliphatic rings. The molecule has 31 heavy (non-hydrogen) atoms. The fourth-order valence-electron chi connectivity index (χ4n) is 2.85. The normalized spacial score (nSPS) is 11.5. The first-order valence-corrected chi connectivity index (χ1v) is 10.5. The Balaban J connectivity index is 2.42. The summed E-state index contributed by atoms with van der Waals surface area (Å²) in [5, 5.41) is 35.9. The minimum atomic E-state index is -0.0830. The molecule has 0 saturated heterocycles. The minimum Gasteiger partial charge on any atom is -0.690 e. The number of aromatic nitrogens is 4. The zero-order chi connectivity index (χ0) is 22.8. The van der Waals surface area contributed by atoms with E-state index in [4.69, 9.17) is 32.7 Å². The number of hydrogen-bond donors (Lipinski definition) is 0. The third-order valence-electron chi connectivity index (χ3n) is 4.20. The van der Waals surface area contributed by atoms with Crippen molar-refractivity contribution in [3.63, 3.8) is 0 Å². The van der Waals surface area contributed by atoms with E-state index in [1.165, 1.54) is 4.57 Å². The largest absolute Gasteiger partial charge is 0.690 e. The van der Waals surface area contributed by atoms with E-state index in [-0.39, 0.29) is 41.0 Å². The van der Waals surface area contributed by atoms with Gasteiger partial charge in [0.25, 0.3) is 0 Å². The number of hydrogen-bond acceptors (Lipinski definition) is 8. The van der Waals surface area contributed by atoms with Gasteiger partial charge in [0.15, 0.2) is 11.5 Å². The van der Waals surface area contributed by atoms with E-state index >= 15 is 0 Å². The Labute approximate surface area is 189 Å². The Bertz CT molecular complexity index is 1000. The van der Waals surface area contributed by atoms with Crippen LogP contribution in [0.25, 0.3) is 0 Å². The maximum Gasteiger partial charge on any atom is 0.344 e. The molecule has 2 aromatic heterocycles. The summed E-state index contributed by atoms with van der Waals surface area (Å²) in [4.78, 5) is 8.57.